The number of nitrogens with two attached hydrogens (primary N) is 1. The molecule has 1 rings (SSSR count). The Kier molecular flexibility index (Phi) is 2.11. The molecule has 0 bridgehead atoms. The lowest BCUT2D eigenvalue weighted by Crippen LogP contribution is -2.31. The minimum absolute atomic E-state index is 0.0278. The standard InChI is InChI=1S/C7H10F3N3/c1-6(2,11)4-3-12-13-5(4)7(8,9)10/h3H,11H2,1-2H3,(H,12,13). The van der Waals surface area contributed by atoms with Crippen molar-refractivity contribution in [3.05, 3.63) is 17.5 Å². The van der Waals surface area contributed by atoms with E-state index >= 15 is 0 Å². The molecule has 74 valence electrons. The highest BCUT2D eigenvalue weighted by Crippen LogP contribution is 2.33. The molecule has 3 N–H and O–H groups in total. The summed E-state index contributed by atoms with van der Waals surface area (Å²) in [6.45, 7) is 2.99. The van der Waals surface area contributed by atoms with E-state index in [1.807, 2.05) is 5.10 Å². The normalized spacial score (nSPS) is 13.4. The minimum Gasteiger partial charge on any atom is -0.322 e. The maximum absolute atomic E-state index is 12.3. The van der Waals surface area contributed by atoms with Gasteiger partial charge in [-0.05, 0) is 13.8 Å². The number of hydrogen-bond donors (Lipinski definition) is 2. The van der Waals surface area contributed by atoms with Crippen LogP contribution in [0.5, 0.6) is 0 Å². The predicted octanol–water partition coefficient (Wildman–Crippen LogP) is 1.62. The Morgan fingerprint density at radius 3 is 2.23 bits per heavy atom. The van der Waals surface area contributed by atoms with Crippen LogP contribution in [0, 0.1) is 0 Å². The molecule has 3 nitrogen and oxygen atoms in total. The van der Waals surface area contributed by atoms with Gasteiger partial charge in [-0.1, -0.05) is 0 Å². The first-order valence-electron chi connectivity index (χ1n) is 3.63. The van der Waals surface area contributed by atoms with Crippen LogP contribution in [0.2, 0.25) is 0 Å². The van der Waals surface area contributed by atoms with Crippen LogP contribution in [0.3, 0.4) is 0 Å². The van der Waals surface area contributed by atoms with Crippen molar-refractivity contribution >= 4 is 0 Å². The Bertz CT molecular complexity index is 266. The molecule has 0 amide bonds. The lowest BCUT2D eigenvalue weighted by Gasteiger charge is -2.19. The number of nitrogens with one attached hydrogen (secondary N) is 1. The minimum atomic E-state index is -4.43. The summed E-state index contributed by atoms with van der Waals surface area (Å²) >= 11 is 0. The first-order chi connectivity index (χ1) is 5.73. The summed E-state index contributed by atoms with van der Waals surface area (Å²) in [5.74, 6) is 0. The van der Waals surface area contributed by atoms with Crippen LogP contribution in [0.15, 0.2) is 6.20 Å². The van der Waals surface area contributed by atoms with Crippen molar-refractivity contribution in [1.82, 2.24) is 10.2 Å². The van der Waals surface area contributed by atoms with Gasteiger partial charge in [-0.3, -0.25) is 5.10 Å². The SMILES string of the molecule is CC(C)(N)c1cn[nH]c1C(F)(F)F. The summed E-state index contributed by atoms with van der Waals surface area (Å²) in [4.78, 5) is 0. The summed E-state index contributed by atoms with van der Waals surface area (Å²) in [5.41, 5.74) is 3.59. The summed E-state index contributed by atoms with van der Waals surface area (Å²) in [5, 5.41) is 5.23. The average molecular weight is 193 g/mol. The van der Waals surface area contributed by atoms with Crippen molar-refractivity contribution in [3.8, 4) is 0 Å². The molecule has 1 aromatic rings. The molecule has 0 radical (unpaired) electrons. The third-order valence-corrected chi connectivity index (χ3v) is 1.62. The van der Waals surface area contributed by atoms with Gasteiger partial charge in [-0.2, -0.15) is 18.3 Å². The van der Waals surface area contributed by atoms with Crippen molar-refractivity contribution < 1.29 is 13.2 Å². The molecule has 0 aromatic carbocycles. The summed E-state index contributed by atoms with van der Waals surface area (Å²) in [6, 6.07) is 0. The largest absolute Gasteiger partial charge is 0.433 e. The van der Waals surface area contributed by atoms with Gasteiger partial charge in [0.1, 0.15) is 5.69 Å². The fourth-order valence-corrected chi connectivity index (χ4v) is 0.991. The first kappa shape index (κ1) is 10.0. The molecule has 0 fully saturated rings. The monoisotopic (exact) mass is 193 g/mol. The van der Waals surface area contributed by atoms with Crippen molar-refractivity contribution in [2.24, 2.45) is 5.73 Å². The fourth-order valence-electron chi connectivity index (χ4n) is 0.991. The van der Waals surface area contributed by atoms with Gasteiger partial charge in [0, 0.05) is 11.1 Å². The van der Waals surface area contributed by atoms with Crippen LogP contribution in [0.25, 0.3) is 0 Å². The Hall–Kier alpha value is -1.04. The predicted molar refractivity (Wildman–Crippen MR) is 40.8 cm³/mol. The second kappa shape index (κ2) is 2.73. The number of nitrogens with zero attached hydrogens (tertiary/aromatic N) is 1. The van der Waals surface area contributed by atoms with Crippen molar-refractivity contribution in [1.29, 1.82) is 0 Å². The fraction of sp³-hybridized carbons (Fsp3) is 0.571. The average Bonchev–Trinajstić information content (AvgIpc) is 2.27. The molecule has 0 unspecified atom stereocenters. The molecule has 0 aliphatic carbocycles. The van der Waals surface area contributed by atoms with E-state index in [1.54, 1.807) is 0 Å². The molecule has 0 aliphatic heterocycles. The molecule has 0 spiro atoms. The van der Waals surface area contributed by atoms with Crippen molar-refractivity contribution in [2.45, 2.75) is 25.6 Å². The molecular weight excluding hydrogens is 183 g/mol. The lowest BCUT2D eigenvalue weighted by atomic mass is 9.96. The van der Waals surface area contributed by atoms with E-state index in [-0.39, 0.29) is 5.56 Å². The quantitative estimate of drug-likeness (QED) is 0.712. The molecule has 0 saturated carbocycles. The number of aromatic amines is 1. The Morgan fingerprint density at radius 1 is 1.38 bits per heavy atom. The van der Waals surface area contributed by atoms with E-state index in [4.69, 9.17) is 5.73 Å². The van der Waals surface area contributed by atoms with Gasteiger partial charge in [0.05, 0.1) is 6.20 Å². The van der Waals surface area contributed by atoms with Gasteiger partial charge in [-0.15, -0.1) is 0 Å². The third-order valence-electron chi connectivity index (χ3n) is 1.62. The zero-order valence-electron chi connectivity index (χ0n) is 7.24. The highest BCUT2D eigenvalue weighted by Gasteiger charge is 2.38. The third kappa shape index (κ3) is 2.00. The van der Waals surface area contributed by atoms with E-state index in [0.717, 1.165) is 6.20 Å². The molecule has 1 heterocycles. The van der Waals surface area contributed by atoms with E-state index in [2.05, 4.69) is 5.10 Å². The van der Waals surface area contributed by atoms with E-state index in [0.29, 0.717) is 0 Å². The van der Waals surface area contributed by atoms with Crippen LogP contribution < -0.4 is 5.73 Å². The number of hydrogen-bond acceptors (Lipinski definition) is 2. The number of rotatable bonds is 1. The van der Waals surface area contributed by atoms with E-state index in [9.17, 15) is 13.2 Å². The van der Waals surface area contributed by atoms with Crippen molar-refractivity contribution in [2.75, 3.05) is 0 Å². The number of H-pyrrole nitrogens is 1. The van der Waals surface area contributed by atoms with E-state index in [1.165, 1.54) is 13.8 Å². The number of halogens is 3. The topological polar surface area (TPSA) is 54.7 Å². The zero-order chi connectivity index (χ0) is 10.3. The molecule has 0 atom stereocenters. The summed E-state index contributed by atoms with van der Waals surface area (Å²) < 4.78 is 36.9. The maximum atomic E-state index is 12.3. The molecule has 1 aromatic heterocycles. The van der Waals surface area contributed by atoms with Crippen LogP contribution in [0.4, 0.5) is 13.2 Å². The van der Waals surface area contributed by atoms with Crippen LogP contribution in [-0.4, -0.2) is 10.2 Å². The van der Waals surface area contributed by atoms with Crippen molar-refractivity contribution in [3.63, 3.8) is 0 Å². The second-order valence-corrected chi connectivity index (χ2v) is 3.38. The number of alkyl halides is 3. The van der Waals surface area contributed by atoms with Crippen LogP contribution in [-0.2, 0) is 11.7 Å². The van der Waals surface area contributed by atoms with Crippen LogP contribution in [0.1, 0.15) is 25.1 Å². The van der Waals surface area contributed by atoms with Gasteiger partial charge < -0.3 is 5.73 Å². The summed E-state index contributed by atoms with van der Waals surface area (Å²) in [6.07, 6.45) is -3.33. The molecule has 13 heavy (non-hydrogen) atoms. The smallest absolute Gasteiger partial charge is 0.322 e. The van der Waals surface area contributed by atoms with Crippen LogP contribution >= 0.6 is 0 Å². The molecule has 0 saturated heterocycles. The van der Waals surface area contributed by atoms with Gasteiger partial charge in [0.25, 0.3) is 0 Å². The highest BCUT2D eigenvalue weighted by molar-refractivity contribution is 5.26. The Balaban J connectivity index is 3.19. The second-order valence-electron chi connectivity index (χ2n) is 3.38. The van der Waals surface area contributed by atoms with E-state index < -0.39 is 17.4 Å². The van der Waals surface area contributed by atoms with Gasteiger partial charge in [-0.25, -0.2) is 0 Å². The highest BCUT2D eigenvalue weighted by atomic mass is 19.4. The van der Waals surface area contributed by atoms with Gasteiger partial charge in [0.2, 0.25) is 0 Å². The van der Waals surface area contributed by atoms with Gasteiger partial charge in [0.15, 0.2) is 0 Å². The lowest BCUT2D eigenvalue weighted by molar-refractivity contribution is -0.142. The first-order valence-corrected chi connectivity index (χ1v) is 3.63. The maximum Gasteiger partial charge on any atom is 0.433 e. The van der Waals surface area contributed by atoms with Gasteiger partial charge >= 0.3 is 6.18 Å². The Labute approximate surface area is 73.1 Å². The number of aromatic nitrogens is 2. The zero-order valence-corrected chi connectivity index (χ0v) is 7.24. The molecule has 0 aliphatic rings. The molecular formula is C7H10F3N3. The molecule has 6 heteroatoms. The Morgan fingerprint density at radius 2 is 1.92 bits per heavy atom. The summed E-state index contributed by atoms with van der Waals surface area (Å²) in [7, 11) is 0.